The Hall–Kier alpha value is -9.14. The van der Waals surface area contributed by atoms with E-state index in [0.29, 0.717) is 46.0 Å². The topological polar surface area (TPSA) is 72.2 Å². The molecule has 8 heteroatoms. The standard InChI is InChI=1S/C59H41N7O/c1-5-19-41(20-6-1)47-30-18-31-48(42-21-7-2-8-22-42)56(47)65-36-35-64(40-65)45-27-17-28-46(37-45)67-54-39-53-50(49-29-13-14-32-52(49)66(53)55-33-15-16-34-60-55)38-51(54)59-62-57(43-23-9-3-10-24-43)61-58(63-59)44-25-11-4-12-26-44/h1-39H,40H2/i1D,2D,5D,6D,7D,8D,19D,20D,21D,22D. The van der Waals surface area contributed by atoms with Crippen molar-refractivity contribution in [2.24, 2.45) is 0 Å². The number of benzene rings is 8. The Morgan fingerprint density at radius 1 is 0.463 bits per heavy atom. The van der Waals surface area contributed by atoms with E-state index in [9.17, 15) is 0 Å². The quantitative estimate of drug-likeness (QED) is 0.135. The van der Waals surface area contributed by atoms with Gasteiger partial charge in [0.05, 0.1) is 42.7 Å². The van der Waals surface area contributed by atoms with Crippen LogP contribution in [0.1, 0.15) is 13.7 Å². The fraction of sp³-hybridized carbons (Fsp3) is 0.0169. The van der Waals surface area contributed by atoms with E-state index in [-0.39, 0.29) is 34.6 Å². The maximum atomic E-state index is 8.98. The third kappa shape index (κ3) is 7.52. The van der Waals surface area contributed by atoms with E-state index in [2.05, 4.69) is 22.8 Å². The Morgan fingerprint density at radius 3 is 1.75 bits per heavy atom. The SMILES string of the molecule is [2H]c1c([2H])c([2H])c(-c2cccc(-c3c([2H])c([2H])c([2H])c([2H])c3[2H])c2N2C=CN(c3cccc(Oc4cc5c(cc4-c4nc(-c6ccccc6)nc(-c6ccccc6)n4)c4ccccc4n5-c4ccccn4)c3)C2)c([2H])c1[2H]. The van der Waals surface area contributed by atoms with Gasteiger partial charge in [-0.1, -0.05) is 170 Å². The van der Waals surface area contributed by atoms with Crippen LogP contribution in [-0.2, 0) is 0 Å². The van der Waals surface area contributed by atoms with Gasteiger partial charge in [-0.2, -0.15) is 0 Å². The Balaban J connectivity index is 0.995. The Kier molecular flexibility index (Phi) is 7.68. The van der Waals surface area contributed by atoms with Crippen LogP contribution < -0.4 is 14.5 Å². The Bertz CT molecular complexity index is 4000. The van der Waals surface area contributed by atoms with Gasteiger partial charge in [0, 0.05) is 69.4 Å². The largest absolute Gasteiger partial charge is 0.456 e. The molecule has 3 aromatic heterocycles. The molecule has 1 aliphatic heterocycles. The minimum atomic E-state index is -0.564. The molecule has 0 radical (unpaired) electrons. The van der Waals surface area contributed by atoms with Crippen LogP contribution in [0.15, 0.2) is 237 Å². The number of pyridine rings is 1. The number of para-hydroxylation sites is 2. The average molecular weight is 874 g/mol. The van der Waals surface area contributed by atoms with E-state index in [1.165, 1.54) is 0 Å². The van der Waals surface area contributed by atoms with Crippen molar-refractivity contribution < 1.29 is 18.4 Å². The van der Waals surface area contributed by atoms with Crippen LogP contribution in [0.2, 0.25) is 0 Å². The van der Waals surface area contributed by atoms with Crippen LogP contribution in [0, 0.1) is 0 Å². The Labute approximate surface area is 402 Å². The third-order valence-electron chi connectivity index (χ3n) is 11.6. The summed E-state index contributed by atoms with van der Waals surface area (Å²) in [6.45, 7) is 0.0849. The summed E-state index contributed by atoms with van der Waals surface area (Å²) in [7, 11) is 0. The number of hydrogen-bond acceptors (Lipinski definition) is 7. The molecule has 0 spiro atoms. The average Bonchev–Trinajstić information content (AvgIpc) is 4.25. The first-order valence-electron chi connectivity index (χ1n) is 26.5. The van der Waals surface area contributed by atoms with E-state index in [0.717, 1.165) is 32.9 Å². The van der Waals surface area contributed by atoms with Gasteiger partial charge in [0.1, 0.15) is 17.3 Å². The van der Waals surface area contributed by atoms with Crippen LogP contribution in [-0.4, -0.2) is 31.2 Å². The van der Waals surface area contributed by atoms with Crippen molar-refractivity contribution in [3.05, 3.63) is 237 Å². The van der Waals surface area contributed by atoms with E-state index in [1.807, 2.05) is 126 Å². The fourth-order valence-corrected chi connectivity index (χ4v) is 8.53. The summed E-state index contributed by atoms with van der Waals surface area (Å²) in [4.78, 5) is 23.6. The van der Waals surface area contributed by atoms with Gasteiger partial charge in [-0.15, -0.1) is 0 Å². The lowest BCUT2D eigenvalue weighted by molar-refractivity contribution is 0.484. The van der Waals surface area contributed by atoms with E-state index in [4.69, 9.17) is 38.4 Å². The molecular formula is C59H41N7O. The molecule has 0 unspecified atom stereocenters. The van der Waals surface area contributed by atoms with Gasteiger partial charge in [-0.25, -0.2) is 19.9 Å². The summed E-state index contributed by atoms with van der Waals surface area (Å²) < 4.78 is 95.9. The number of ether oxygens (including phenoxy) is 1. The second-order valence-corrected chi connectivity index (χ2v) is 15.6. The first kappa shape index (κ1) is 30.1. The molecule has 0 fully saturated rings. The molecule has 0 saturated heterocycles. The molecule has 1 aliphatic rings. The predicted octanol–water partition coefficient (Wildman–Crippen LogP) is 14.2. The number of aromatic nitrogens is 5. The van der Waals surface area contributed by atoms with Crippen molar-refractivity contribution >= 4 is 33.2 Å². The lowest BCUT2D eigenvalue weighted by Crippen LogP contribution is -2.25. The summed E-state index contributed by atoms with van der Waals surface area (Å²) in [5.41, 5.74) is 5.09. The van der Waals surface area contributed by atoms with Crippen LogP contribution in [0.5, 0.6) is 11.5 Å². The van der Waals surface area contributed by atoms with Crippen LogP contribution in [0.25, 0.3) is 84.0 Å². The molecule has 0 amide bonds. The zero-order chi connectivity index (χ0) is 53.2. The highest BCUT2D eigenvalue weighted by atomic mass is 16.5. The smallest absolute Gasteiger partial charge is 0.167 e. The van der Waals surface area contributed by atoms with Crippen molar-refractivity contribution in [3.63, 3.8) is 0 Å². The molecular weight excluding hydrogens is 823 g/mol. The van der Waals surface area contributed by atoms with E-state index < -0.39 is 60.4 Å². The van der Waals surface area contributed by atoms with Crippen molar-refractivity contribution in [2.45, 2.75) is 0 Å². The van der Waals surface area contributed by atoms with Gasteiger partial charge in [0.25, 0.3) is 0 Å². The van der Waals surface area contributed by atoms with E-state index >= 15 is 0 Å². The molecule has 0 bridgehead atoms. The van der Waals surface area contributed by atoms with Crippen molar-refractivity contribution in [2.75, 3.05) is 16.5 Å². The maximum Gasteiger partial charge on any atom is 0.167 e. The third-order valence-corrected chi connectivity index (χ3v) is 11.6. The number of nitrogens with zero attached hydrogens (tertiary/aromatic N) is 7. The summed E-state index contributed by atoms with van der Waals surface area (Å²) in [5.74, 6) is 2.94. The summed E-state index contributed by atoms with van der Waals surface area (Å²) in [5, 5.41) is 1.90. The molecule has 318 valence electrons. The van der Waals surface area contributed by atoms with Crippen molar-refractivity contribution in [3.8, 4) is 73.7 Å². The normalized spacial score (nSPS) is 14.4. The van der Waals surface area contributed by atoms with Gasteiger partial charge in [0.2, 0.25) is 0 Å². The number of rotatable bonds is 10. The first-order valence-corrected chi connectivity index (χ1v) is 21.5. The number of fused-ring (bicyclic) bond motifs is 3. The minimum Gasteiger partial charge on any atom is -0.456 e. The molecule has 0 saturated carbocycles. The number of anilines is 2. The van der Waals surface area contributed by atoms with Crippen LogP contribution in [0.3, 0.4) is 0 Å². The van der Waals surface area contributed by atoms with Crippen LogP contribution in [0.4, 0.5) is 11.4 Å². The molecule has 0 N–H and O–H groups in total. The monoisotopic (exact) mass is 873 g/mol. The highest BCUT2D eigenvalue weighted by Crippen LogP contribution is 2.44. The fourth-order valence-electron chi connectivity index (χ4n) is 8.53. The molecule has 0 atom stereocenters. The van der Waals surface area contributed by atoms with Gasteiger partial charge < -0.3 is 14.5 Å². The molecule has 11 aromatic rings. The van der Waals surface area contributed by atoms with Crippen molar-refractivity contribution in [1.82, 2.24) is 24.5 Å². The first-order chi connectivity index (χ1) is 37.4. The van der Waals surface area contributed by atoms with Crippen LogP contribution >= 0.6 is 0 Å². The summed E-state index contributed by atoms with van der Waals surface area (Å²) >= 11 is 0. The molecule has 0 aliphatic carbocycles. The lowest BCUT2D eigenvalue weighted by Gasteiger charge is -2.26. The van der Waals surface area contributed by atoms with Gasteiger partial charge >= 0.3 is 0 Å². The zero-order valence-electron chi connectivity index (χ0n) is 45.5. The lowest BCUT2D eigenvalue weighted by atomic mass is 9.95. The Morgan fingerprint density at radius 2 is 1.07 bits per heavy atom. The molecule has 67 heavy (non-hydrogen) atoms. The molecule has 8 nitrogen and oxygen atoms in total. The number of hydrogen-bond donors (Lipinski definition) is 0. The minimum absolute atomic E-state index is 0.0849. The second-order valence-electron chi connectivity index (χ2n) is 15.6. The summed E-state index contributed by atoms with van der Waals surface area (Å²) in [6.07, 6.45) is 5.29. The highest BCUT2D eigenvalue weighted by molar-refractivity contribution is 6.11. The second kappa shape index (κ2) is 17.1. The summed E-state index contributed by atoms with van der Waals surface area (Å²) in [6, 6.07) is 44.5. The van der Waals surface area contributed by atoms with E-state index in [1.54, 1.807) is 41.7 Å². The molecule has 12 rings (SSSR count). The van der Waals surface area contributed by atoms with Gasteiger partial charge in [-0.3, -0.25) is 4.57 Å². The molecule has 4 heterocycles. The highest BCUT2D eigenvalue weighted by Gasteiger charge is 2.25. The predicted molar refractivity (Wildman–Crippen MR) is 271 cm³/mol. The zero-order valence-corrected chi connectivity index (χ0v) is 35.5. The van der Waals surface area contributed by atoms with Gasteiger partial charge in [0.15, 0.2) is 17.5 Å². The molecule has 8 aromatic carbocycles. The van der Waals surface area contributed by atoms with Crippen molar-refractivity contribution in [1.29, 1.82) is 0 Å². The van der Waals surface area contributed by atoms with Gasteiger partial charge in [-0.05, 0) is 47.5 Å². The maximum absolute atomic E-state index is 8.98.